The average Bonchev–Trinajstić information content (AvgIpc) is 3.50. The number of halogens is 4. The first-order valence-corrected chi connectivity index (χ1v) is 13.4. The number of aryl methyl sites for hydroxylation is 1. The maximum atomic E-state index is 13.9. The van der Waals surface area contributed by atoms with Crippen molar-refractivity contribution in [2.45, 2.75) is 39.0 Å². The maximum absolute atomic E-state index is 13.9. The molecule has 1 amide bonds. The van der Waals surface area contributed by atoms with Gasteiger partial charge in [0.2, 0.25) is 0 Å². The van der Waals surface area contributed by atoms with Crippen molar-refractivity contribution in [2.75, 3.05) is 13.1 Å². The quantitative estimate of drug-likeness (QED) is 0.246. The molecule has 4 aromatic rings. The van der Waals surface area contributed by atoms with Gasteiger partial charge in [-0.05, 0) is 36.6 Å². The summed E-state index contributed by atoms with van der Waals surface area (Å²) in [6.45, 7) is 4.70. The van der Waals surface area contributed by atoms with Crippen LogP contribution < -0.4 is 5.73 Å². The molecule has 212 valence electrons. The average molecular weight is 573 g/mol. The minimum Gasteiger partial charge on any atom is -0.330 e. The van der Waals surface area contributed by atoms with Gasteiger partial charge in [0.05, 0.1) is 17.3 Å². The monoisotopic (exact) mass is 572 g/mol. The Kier molecular flexibility index (Phi) is 9.00. The van der Waals surface area contributed by atoms with Gasteiger partial charge in [0.25, 0.3) is 5.91 Å². The van der Waals surface area contributed by atoms with E-state index in [0.29, 0.717) is 29.5 Å². The molecule has 2 aromatic heterocycles. The molecule has 2 aromatic carbocycles. The molecule has 0 aliphatic heterocycles. The summed E-state index contributed by atoms with van der Waals surface area (Å²) in [5, 5.41) is 4.10. The third kappa shape index (κ3) is 6.56. The van der Waals surface area contributed by atoms with E-state index in [4.69, 9.17) is 22.3 Å². The minimum absolute atomic E-state index is 0.148. The molecule has 2 N–H and O–H groups in total. The van der Waals surface area contributed by atoms with Gasteiger partial charge in [-0.15, -0.1) is 0 Å². The van der Waals surface area contributed by atoms with E-state index in [9.17, 15) is 18.0 Å². The molecule has 0 saturated carbocycles. The lowest BCUT2D eigenvalue weighted by molar-refractivity contribution is -0.141. The number of amides is 1. The van der Waals surface area contributed by atoms with Crippen molar-refractivity contribution in [1.82, 2.24) is 24.2 Å². The molecule has 0 radical (unpaired) electrons. The van der Waals surface area contributed by atoms with Gasteiger partial charge in [0.1, 0.15) is 5.82 Å². The van der Waals surface area contributed by atoms with Gasteiger partial charge in [-0.1, -0.05) is 67.9 Å². The van der Waals surface area contributed by atoms with Crippen LogP contribution in [0.1, 0.15) is 53.7 Å². The molecule has 0 saturated heterocycles. The van der Waals surface area contributed by atoms with Gasteiger partial charge >= 0.3 is 6.18 Å². The van der Waals surface area contributed by atoms with Crippen LogP contribution in [0.2, 0.25) is 5.02 Å². The molecule has 4 rings (SSSR count). The standard InChI is InChI=1S/C29H32ClF3N6O/c1-19(2)25(39(14-8-13-34)28(40)23-17-37(3)36-26(23)29(31,32)33)27-35-24(21-11-7-12-22(30)15-21)18-38(27)16-20-9-5-4-6-10-20/h4-7,9-12,15,17-19,25H,8,13-14,16,34H2,1-3H3/t25-/m1/s1. The van der Waals surface area contributed by atoms with Gasteiger partial charge in [0, 0.05) is 43.1 Å². The van der Waals surface area contributed by atoms with Crippen LogP contribution in [0.3, 0.4) is 0 Å². The van der Waals surface area contributed by atoms with Crippen LogP contribution in [0.25, 0.3) is 11.3 Å². The van der Waals surface area contributed by atoms with Gasteiger partial charge in [-0.25, -0.2) is 4.98 Å². The number of benzene rings is 2. The smallest absolute Gasteiger partial charge is 0.330 e. The van der Waals surface area contributed by atoms with Crippen molar-refractivity contribution < 1.29 is 18.0 Å². The lowest BCUT2D eigenvalue weighted by atomic mass is 9.99. The number of carbonyl (C=O) groups is 1. The molecule has 2 heterocycles. The molecule has 0 bridgehead atoms. The third-order valence-electron chi connectivity index (χ3n) is 6.55. The molecule has 40 heavy (non-hydrogen) atoms. The zero-order valence-electron chi connectivity index (χ0n) is 22.6. The van der Waals surface area contributed by atoms with Gasteiger partial charge in [0.15, 0.2) is 5.69 Å². The van der Waals surface area contributed by atoms with Crippen LogP contribution in [-0.2, 0) is 19.8 Å². The summed E-state index contributed by atoms with van der Waals surface area (Å²) in [4.78, 5) is 20.3. The van der Waals surface area contributed by atoms with Crippen molar-refractivity contribution >= 4 is 17.5 Å². The number of imidazole rings is 1. The van der Waals surface area contributed by atoms with E-state index in [1.807, 2.05) is 67.1 Å². The van der Waals surface area contributed by atoms with Crippen molar-refractivity contribution in [3.05, 3.63) is 94.7 Å². The molecule has 0 spiro atoms. The summed E-state index contributed by atoms with van der Waals surface area (Å²) in [6, 6.07) is 16.4. The number of hydrogen-bond donors (Lipinski definition) is 1. The highest BCUT2D eigenvalue weighted by molar-refractivity contribution is 6.30. The predicted octanol–water partition coefficient (Wildman–Crippen LogP) is 6.19. The SMILES string of the molecule is CC(C)[C@H](c1nc(-c2cccc(Cl)c2)cn1Cc1ccccc1)N(CCCN)C(=O)c1cn(C)nc1C(F)(F)F. The van der Waals surface area contributed by atoms with Crippen LogP contribution in [0.4, 0.5) is 13.2 Å². The summed E-state index contributed by atoms with van der Waals surface area (Å²) in [6.07, 6.45) is -1.38. The number of alkyl halides is 3. The van der Waals surface area contributed by atoms with Crippen LogP contribution in [0.5, 0.6) is 0 Å². The second-order valence-corrected chi connectivity index (χ2v) is 10.4. The fourth-order valence-corrected chi connectivity index (χ4v) is 4.99. The van der Waals surface area contributed by atoms with E-state index >= 15 is 0 Å². The number of aromatic nitrogens is 4. The Hall–Kier alpha value is -3.63. The Labute approximate surface area is 236 Å². The second-order valence-electron chi connectivity index (χ2n) is 10.0. The van der Waals surface area contributed by atoms with Crippen LogP contribution in [-0.4, -0.2) is 43.2 Å². The molecule has 0 aliphatic carbocycles. The van der Waals surface area contributed by atoms with Gasteiger partial charge in [-0.2, -0.15) is 18.3 Å². The predicted molar refractivity (Wildman–Crippen MR) is 149 cm³/mol. The van der Waals surface area contributed by atoms with Gasteiger partial charge in [-0.3, -0.25) is 9.48 Å². The fraction of sp³-hybridized carbons (Fsp3) is 0.345. The van der Waals surface area contributed by atoms with Crippen molar-refractivity contribution in [3.63, 3.8) is 0 Å². The van der Waals surface area contributed by atoms with Crippen LogP contribution >= 0.6 is 11.6 Å². The lowest BCUT2D eigenvalue weighted by Gasteiger charge is -2.34. The van der Waals surface area contributed by atoms with Crippen LogP contribution in [0.15, 0.2) is 67.0 Å². The summed E-state index contributed by atoms with van der Waals surface area (Å²) < 4.78 is 44.5. The maximum Gasteiger partial charge on any atom is 0.435 e. The van der Waals surface area contributed by atoms with E-state index < -0.39 is 29.4 Å². The second kappa shape index (κ2) is 12.3. The van der Waals surface area contributed by atoms with Crippen molar-refractivity contribution in [1.29, 1.82) is 0 Å². The summed E-state index contributed by atoms with van der Waals surface area (Å²) in [5.41, 5.74) is 6.51. The Morgan fingerprint density at radius 2 is 1.82 bits per heavy atom. The van der Waals surface area contributed by atoms with Crippen molar-refractivity contribution in [3.8, 4) is 11.3 Å². The zero-order chi connectivity index (χ0) is 29.0. The normalized spacial score (nSPS) is 12.6. The Morgan fingerprint density at radius 1 is 1.10 bits per heavy atom. The molecule has 1 atom stereocenters. The Balaban J connectivity index is 1.87. The molecule has 0 aliphatic rings. The highest BCUT2D eigenvalue weighted by atomic mass is 35.5. The number of nitrogens with zero attached hydrogens (tertiary/aromatic N) is 5. The van der Waals surface area contributed by atoms with E-state index in [2.05, 4.69) is 5.10 Å². The fourth-order valence-electron chi connectivity index (χ4n) is 4.79. The topological polar surface area (TPSA) is 82.0 Å². The first-order valence-electron chi connectivity index (χ1n) is 13.0. The highest BCUT2D eigenvalue weighted by Gasteiger charge is 2.42. The third-order valence-corrected chi connectivity index (χ3v) is 6.78. The number of nitrogens with two attached hydrogens (primary N) is 1. The van der Waals surface area contributed by atoms with Crippen LogP contribution in [0, 0.1) is 5.92 Å². The number of rotatable bonds is 10. The van der Waals surface area contributed by atoms with Crippen molar-refractivity contribution in [2.24, 2.45) is 18.7 Å². The first kappa shape index (κ1) is 29.4. The van der Waals surface area contributed by atoms with E-state index in [1.54, 1.807) is 12.1 Å². The zero-order valence-corrected chi connectivity index (χ0v) is 23.3. The number of carbonyl (C=O) groups excluding carboxylic acids is 1. The molecular weight excluding hydrogens is 541 g/mol. The summed E-state index contributed by atoms with van der Waals surface area (Å²) in [7, 11) is 1.36. The van der Waals surface area contributed by atoms with E-state index in [1.165, 1.54) is 11.9 Å². The summed E-state index contributed by atoms with van der Waals surface area (Å²) in [5.74, 6) is -0.417. The Morgan fingerprint density at radius 3 is 2.45 bits per heavy atom. The lowest BCUT2D eigenvalue weighted by Crippen LogP contribution is -2.40. The van der Waals surface area contributed by atoms with E-state index in [0.717, 1.165) is 22.0 Å². The first-order chi connectivity index (χ1) is 19.0. The minimum atomic E-state index is -4.79. The molecule has 7 nitrogen and oxygen atoms in total. The highest BCUT2D eigenvalue weighted by Crippen LogP contribution is 2.36. The largest absolute Gasteiger partial charge is 0.435 e. The molecule has 11 heteroatoms. The number of hydrogen-bond acceptors (Lipinski definition) is 4. The summed E-state index contributed by atoms with van der Waals surface area (Å²) >= 11 is 6.26. The van der Waals surface area contributed by atoms with Gasteiger partial charge < -0.3 is 15.2 Å². The Bertz CT molecular complexity index is 1450. The molecule has 0 fully saturated rings. The molecular formula is C29H32ClF3N6O. The van der Waals surface area contributed by atoms with E-state index in [-0.39, 0.29) is 19.0 Å². The molecule has 0 unspecified atom stereocenters.